The van der Waals surface area contributed by atoms with E-state index in [1.54, 1.807) is 0 Å². The third kappa shape index (κ3) is 4.82. The van der Waals surface area contributed by atoms with Gasteiger partial charge in [0.15, 0.2) is 0 Å². The number of aromatic carboxylic acids is 1. The van der Waals surface area contributed by atoms with Crippen molar-refractivity contribution in [3.8, 4) is 0 Å². The molecule has 1 aromatic rings. The Labute approximate surface area is 105 Å². The Hall–Kier alpha value is -2.11. The highest BCUT2D eigenvalue weighted by Crippen LogP contribution is 2.08. The predicted molar refractivity (Wildman–Crippen MR) is 67.7 cm³/mol. The molecule has 2 amide bonds. The fraction of sp³-hybridized carbons (Fsp3) is 0.417. The van der Waals surface area contributed by atoms with Crippen molar-refractivity contribution in [2.24, 2.45) is 5.92 Å². The number of carbonyl (C=O) groups excluding carboxylic acids is 1. The summed E-state index contributed by atoms with van der Waals surface area (Å²) >= 11 is 0. The maximum Gasteiger partial charge on any atom is 0.337 e. The highest BCUT2D eigenvalue weighted by atomic mass is 16.4. The molecule has 0 aliphatic heterocycles. The van der Waals surface area contributed by atoms with Crippen molar-refractivity contribution < 1.29 is 14.7 Å². The zero-order chi connectivity index (χ0) is 13.5. The van der Waals surface area contributed by atoms with Crippen LogP contribution in [-0.2, 0) is 0 Å². The first-order chi connectivity index (χ1) is 8.49. The summed E-state index contributed by atoms with van der Waals surface area (Å²) in [6.45, 7) is 4.72. The molecule has 18 heavy (non-hydrogen) atoms. The van der Waals surface area contributed by atoms with Crippen LogP contribution in [0, 0.1) is 5.92 Å². The van der Waals surface area contributed by atoms with Crippen molar-refractivity contribution >= 4 is 17.7 Å². The minimum Gasteiger partial charge on any atom is -0.478 e. The Morgan fingerprint density at radius 3 is 2.72 bits per heavy atom. The number of carboxylic acid groups (broad SMARTS) is 1. The van der Waals surface area contributed by atoms with Crippen molar-refractivity contribution in [1.29, 1.82) is 0 Å². The van der Waals surface area contributed by atoms with Crippen LogP contribution in [0.15, 0.2) is 18.5 Å². The molecule has 98 valence electrons. The highest BCUT2D eigenvalue weighted by Gasteiger charge is 2.06. The molecule has 1 heterocycles. The van der Waals surface area contributed by atoms with Gasteiger partial charge in [-0.05, 0) is 18.4 Å². The molecule has 0 saturated heterocycles. The summed E-state index contributed by atoms with van der Waals surface area (Å²) in [5, 5.41) is 14.0. The zero-order valence-electron chi connectivity index (χ0n) is 10.4. The summed E-state index contributed by atoms with van der Waals surface area (Å²) in [7, 11) is 0. The number of urea groups is 1. The largest absolute Gasteiger partial charge is 0.478 e. The maximum atomic E-state index is 11.5. The summed E-state index contributed by atoms with van der Waals surface area (Å²) in [5.41, 5.74) is 0.395. The van der Waals surface area contributed by atoms with E-state index in [9.17, 15) is 9.59 Å². The summed E-state index contributed by atoms with van der Waals surface area (Å²) in [4.78, 5) is 25.9. The Kier molecular flexibility index (Phi) is 5.10. The van der Waals surface area contributed by atoms with Crippen LogP contribution < -0.4 is 10.6 Å². The molecule has 0 atom stereocenters. The topological polar surface area (TPSA) is 91.3 Å². The average molecular weight is 251 g/mol. The number of rotatable bonds is 5. The van der Waals surface area contributed by atoms with Gasteiger partial charge >= 0.3 is 12.0 Å². The van der Waals surface area contributed by atoms with E-state index in [4.69, 9.17) is 5.11 Å². The van der Waals surface area contributed by atoms with Crippen molar-refractivity contribution in [2.75, 3.05) is 11.9 Å². The third-order valence-electron chi connectivity index (χ3n) is 2.25. The first-order valence-electron chi connectivity index (χ1n) is 5.72. The van der Waals surface area contributed by atoms with Gasteiger partial charge in [0.1, 0.15) is 0 Å². The van der Waals surface area contributed by atoms with Crippen LogP contribution in [0.3, 0.4) is 0 Å². The number of pyridine rings is 1. The molecular weight excluding hydrogens is 234 g/mol. The second-order valence-electron chi connectivity index (χ2n) is 4.33. The summed E-state index contributed by atoms with van der Waals surface area (Å²) < 4.78 is 0. The maximum absolute atomic E-state index is 11.5. The third-order valence-corrected chi connectivity index (χ3v) is 2.25. The number of anilines is 1. The van der Waals surface area contributed by atoms with Gasteiger partial charge in [0.05, 0.1) is 17.4 Å². The van der Waals surface area contributed by atoms with E-state index in [0.29, 0.717) is 18.2 Å². The van der Waals surface area contributed by atoms with Gasteiger partial charge in [-0.25, -0.2) is 9.59 Å². The highest BCUT2D eigenvalue weighted by molar-refractivity contribution is 5.92. The van der Waals surface area contributed by atoms with E-state index in [1.807, 2.05) is 0 Å². The van der Waals surface area contributed by atoms with E-state index in [1.165, 1.54) is 18.5 Å². The molecule has 0 radical (unpaired) electrons. The number of amides is 2. The molecule has 1 rings (SSSR count). The molecule has 6 heteroatoms. The fourth-order valence-corrected chi connectivity index (χ4v) is 1.27. The molecule has 0 spiro atoms. The average Bonchev–Trinajstić information content (AvgIpc) is 2.28. The quantitative estimate of drug-likeness (QED) is 0.745. The Morgan fingerprint density at radius 1 is 1.39 bits per heavy atom. The molecule has 1 aromatic heterocycles. The van der Waals surface area contributed by atoms with Crippen molar-refractivity contribution in [2.45, 2.75) is 20.3 Å². The van der Waals surface area contributed by atoms with Gasteiger partial charge in [-0.1, -0.05) is 13.8 Å². The van der Waals surface area contributed by atoms with Gasteiger partial charge in [-0.15, -0.1) is 0 Å². The molecule has 0 bridgehead atoms. The van der Waals surface area contributed by atoms with Crippen LogP contribution in [0.5, 0.6) is 0 Å². The molecule has 0 aromatic carbocycles. The first kappa shape index (κ1) is 14.0. The summed E-state index contributed by atoms with van der Waals surface area (Å²) in [6.07, 6.45) is 3.51. The number of nitrogens with one attached hydrogen (secondary N) is 2. The minimum atomic E-state index is -1.08. The summed E-state index contributed by atoms with van der Waals surface area (Å²) in [5.74, 6) is -0.561. The number of nitrogens with zero attached hydrogens (tertiary/aromatic N) is 1. The van der Waals surface area contributed by atoms with Crippen molar-refractivity contribution in [1.82, 2.24) is 10.3 Å². The normalized spacial score (nSPS) is 10.2. The predicted octanol–water partition coefficient (Wildman–Crippen LogP) is 1.95. The Balaban J connectivity index is 2.49. The van der Waals surface area contributed by atoms with Crippen LogP contribution >= 0.6 is 0 Å². The summed E-state index contributed by atoms with van der Waals surface area (Å²) in [6, 6.07) is 0.997. The lowest BCUT2D eigenvalue weighted by Crippen LogP contribution is -2.30. The SMILES string of the molecule is CC(C)CCNC(=O)Nc1cncc(C(=O)O)c1. The standard InChI is InChI=1S/C12H17N3O3/c1-8(2)3-4-14-12(18)15-10-5-9(11(16)17)6-13-7-10/h5-8H,3-4H2,1-2H3,(H,16,17)(H2,14,15,18). The van der Waals surface area contributed by atoms with Crippen LogP contribution in [0.2, 0.25) is 0 Å². The van der Waals surface area contributed by atoms with E-state index in [-0.39, 0.29) is 11.6 Å². The molecule has 3 N–H and O–H groups in total. The van der Waals surface area contributed by atoms with Crippen LogP contribution in [0.1, 0.15) is 30.6 Å². The second kappa shape index (κ2) is 6.58. The zero-order valence-corrected chi connectivity index (χ0v) is 10.4. The van der Waals surface area contributed by atoms with Gasteiger partial charge in [0.25, 0.3) is 0 Å². The van der Waals surface area contributed by atoms with Gasteiger partial charge in [0, 0.05) is 12.7 Å². The second-order valence-corrected chi connectivity index (χ2v) is 4.33. The lowest BCUT2D eigenvalue weighted by atomic mass is 10.1. The molecule has 6 nitrogen and oxygen atoms in total. The number of carbonyl (C=O) groups is 2. The molecule has 0 fully saturated rings. The molecule has 0 aliphatic carbocycles. The first-order valence-corrected chi connectivity index (χ1v) is 5.72. The van der Waals surface area contributed by atoms with Gasteiger partial charge in [-0.3, -0.25) is 4.98 Å². The van der Waals surface area contributed by atoms with Crippen LogP contribution in [-0.4, -0.2) is 28.6 Å². The van der Waals surface area contributed by atoms with Crippen LogP contribution in [0.25, 0.3) is 0 Å². The Morgan fingerprint density at radius 2 is 2.11 bits per heavy atom. The minimum absolute atomic E-state index is 0.0370. The molecular formula is C12H17N3O3. The molecule has 0 aliphatic rings. The number of carboxylic acids is 1. The smallest absolute Gasteiger partial charge is 0.337 e. The lowest BCUT2D eigenvalue weighted by Gasteiger charge is -2.08. The van der Waals surface area contributed by atoms with Gasteiger partial charge < -0.3 is 15.7 Å². The van der Waals surface area contributed by atoms with Crippen molar-refractivity contribution in [3.05, 3.63) is 24.0 Å². The van der Waals surface area contributed by atoms with Crippen molar-refractivity contribution in [3.63, 3.8) is 0 Å². The Bertz CT molecular complexity index is 432. The van der Waals surface area contributed by atoms with Crippen LogP contribution in [0.4, 0.5) is 10.5 Å². The number of hydrogen-bond acceptors (Lipinski definition) is 3. The molecule has 0 unspecified atom stereocenters. The lowest BCUT2D eigenvalue weighted by molar-refractivity contribution is 0.0696. The number of hydrogen-bond donors (Lipinski definition) is 3. The van der Waals surface area contributed by atoms with E-state index in [0.717, 1.165) is 6.42 Å². The van der Waals surface area contributed by atoms with Gasteiger partial charge in [-0.2, -0.15) is 0 Å². The number of aromatic nitrogens is 1. The fourth-order valence-electron chi connectivity index (χ4n) is 1.27. The molecule has 0 saturated carbocycles. The van der Waals surface area contributed by atoms with E-state index in [2.05, 4.69) is 29.5 Å². The van der Waals surface area contributed by atoms with E-state index < -0.39 is 5.97 Å². The van der Waals surface area contributed by atoms with Gasteiger partial charge in [0.2, 0.25) is 0 Å². The monoisotopic (exact) mass is 251 g/mol. The van der Waals surface area contributed by atoms with E-state index >= 15 is 0 Å².